The summed E-state index contributed by atoms with van der Waals surface area (Å²) >= 11 is 0. The number of rotatable bonds is 7. The molecule has 0 saturated carbocycles. The van der Waals surface area contributed by atoms with Gasteiger partial charge in [-0.1, -0.05) is 56.0 Å². The number of nitrogens with zero attached hydrogens (tertiary/aromatic N) is 2. The van der Waals surface area contributed by atoms with Gasteiger partial charge in [0.15, 0.2) is 0 Å². The molecule has 0 aliphatic carbocycles. The molecule has 2 heterocycles. The average molecular weight is 423 g/mol. The summed E-state index contributed by atoms with van der Waals surface area (Å²) in [4.78, 5) is 4.62. The monoisotopic (exact) mass is 422 g/mol. The van der Waals surface area contributed by atoms with Crippen LogP contribution in [0.15, 0.2) is 66.9 Å². The lowest BCUT2D eigenvalue weighted by molar-refractivity contribution is -0.243. The Bertz CT molecular complexity index is 877. The normalized spacial score (nSPS) is 23.6. The first-order chi connectivity index (χ1) is 15.0. The van der Waals surface area contributed by atoms with Crippen molar-refractivity contribution in [2.24, 2.45) is 0 Å². The highest BCUT2D eigenvalue weighted by Crippen LogP contribution is 2.49. The van der Waals surface area contributed by atoms with Crippen LogP contribution in [0.2, 0.25) is 0 Å². The number of hydrogen-bond acceptors (Lipinski definition) is 5. The molecular formula is C26H34N2O3. The largest absolute Gasteiger partial charge is 0.458 e. The molecule has 2 aliphatic rings. The molecule has 5 heteroatoms. The van der Waals surface area contributed by atoms with Crippen molar-refractivity contribution in [3.63, 3.8) is 0 Å². The fourth-order valence-corrected chi connectivity index (χ4v) is 4.97. The van der Waals surface area contributed by atoms with Crippen molar-refractivity contribution in [3.8, 4) is 0 Å². The van der Waals surface area contributed by atoms with Crippen LogP contribution in [0.4, 0.5) is 5.69 Å². The highest BCUT2D eigenvalue weighted by molar-refractivity contribution is 5.49. The van der Waals surface area contributed by atoms with E-state index in [0.29, 0.717) is 12.4 Å². The van der Waals surface area contributed by atoms with Gasteiger partial charge in [0, 0.05) is 24.3 Å². The molecule has 2 aliphatic heterocycles. The number of benzene rings is 2. The van der Waals surface area contributed by atoms with Gasteiger partial charge in [0.05, 0.1) is 18.8 Å². The molecule has 2 unspecified atom stereocenters. The van der Waals surface area contributed by atoms with Crippen molar-refractivity contribution >= 4 is 5.69 Å². The zero-order chi connectivity index (χ0) is 21.9. The molecule has 0 spiro atoms. The molecule has 5 nitrogen and oxygen atoms in total. The fourth-order valence-electron chi connectivity index (χ4n) is 4.97. The molecule has 31 heavy (non-hydrogen) atoms. The van der Waals surface area contributed by atoms with E-state index in [4.69, 9.17) is 14.2 Å². The fraction of sp³-hybridized carbons (Fsp3) is 0.462. The van der Waals surface area contributed by atoms with Crippen molar-refractivity contribution in [3.05, 3.63) is 78.1 Å². The van der Waals surface area contributed by atoms with Crippen LogP contribution >= 0.6 is 0 Å². The van der Waals surface area contributed by atoms with Crippen molar-refractivity contribution in [2.75, 3.05) is 51.9 Å². The molecule has 166 valence electrons. The van der Waals surface area contributed by atoms with Crippen LogP contribution in [0.1, 0.15) is 24.5 Å². The van der Waals surface area contributed by atoms with E-state index in [-0.39, 0.29) is 0 Å². The summed E-state index contributed by atoms with van der Waals surface area (Å²) < 4.78 is 18.5. The molecule has 2 atom stereocenters. The smallest absolute Gasteiger partial charge is 0.256 e. The maximum atomic E-state index is 6.52. The van der Waals surface area contributed by atoms with E-state index in [9.17, 15) is 0 Å². The van der Waals surface area contributed by atoms with Crippen LogP contribution in [0.5, 0.6) is 0 Å². The molecule has 2 saturated heterocycles. The van der Waals surface area contributed by atoms with Crippen molar-refractivity contribution in [2.45, 2.75) is 31.1 Å². The standard InChI is InChI=1S/C26H34N2O3/c1-5-25(27(3)4,19-22-9-7-6-8-10-22)26(30-20-21(2)31-26)23-11-13-24(14-12-23)28-15-17-29-18-16-28/h6-14H,2,5,15-20H2,1,3-4H3. The summed E-state index contributed by atoms with van der Waals surface area (Å²) in [6.07, 6.45) is 1.66. The zero-order valence-electron chi connectivity index (χ0n) is 19.0. The van der Waals surface area contributed by atoms with E-state index in [1.807, 2.05) is 0 Å². The molecule has 0 N–H and O–H groups in total. The highest BCUT2D eigenvalue weighted by Gasteiger charge is 2.59. The molecule has 0 amide bonds. The summed E-state index contributed by atoms with van der Waals surface area (Å²) in [7, 11) is 4.23. The molecule has 2 aromatic rings. The summed E-state index contributed by atoms with van der Waals surface area (Å²) in [5.74, 6) is -0.258. The lowest BCUT2D eigenvalue weighted by Gasteiger charge is -2.50. The third kappa shape index (κ3) is 3.98. The second kappa shape index (κ2) is 9.03. The van der Waals surface area contributed by atoms with Gasteiger partial charge in [-0.15, -0.1) is 0 Å². The Morgan fingerprint density at radius 2 is 1.71 bits per heavy atom. The van der Waals surface area contributed by atoms with Gasteiger partial charge in [-0.3, -0.25) is 4.90 Å². The molecule has 2 aromatic carbocycles. The van der Waals surface area contributed by atoms with Gasteiger partial charge < -0.3 is 19.1 Å². The molecule has 2 fully saturated rings. The number of likely N-dealkylation sites (N-methyl/N-ethyl adjacent to an activating group) is 1. The summed E-state index contributed by atoms with van der Waals surface area (Å²) in [6.45, 7) is 10.1. The van der Waals surface area contributed by atoms with Gasteiger partial charge in [0.25, 0.3) is 5.79 Å². The van der Waals surface area contributed by atoms with Crippen LogP contribution in [0.3, 0.4) is 0 Å². The van der Waals surface area contributed by atoms with E-state index in [0.717, 1.165) is 44.7 Å². The Kier molecular flexibility index (Phi) is 6.37. The Labute approximate surface area is 186 Å². The minimum atomic E-state index is -0.929. The second-order valence-corrected chi connectivity index (χ2v) is 8.63. The number of anilines is 1. The van der Waals surface area contributed by atoms with Crippen molar-refractivity contribution in [1.82, 2.24) is 4.90 Å². The van der Waals surface area contributed by atoms with Crippen LogP contribution in [0, 0.1) is 0 Å². The third-order valence-corrected chi connectivity index (χ3v) is 6.74. The predicted octanol–water partition coefficient (Wildman–Crippen LogP) is 4.19. The number of hydrogen-bond donors (Lipinski definition) is 0. The van der Waals surface area contributed by atoms with Gasteiger partial charge in [0.2, 0.25) is 0 Å². The number of morpholine rings is 1. The van der Waals surface area contributed by atoms with Gasteiger partial charge in [0.1, 0.15) is 12.4 Å². The van der Waals surface area contributed by atoms with Crippen LogP contribution in [-0.4, -0.2) is 57.4 Å². The zero-order valence-corrected chi connectivity index (χ0v) is 19.0. The van der Waals surface area contributed by atoms with Crippen LogP contribution in [-0.2, 0) is 26.4 Å². The topological polar surface area (TPSA) is 34.2 Å². The Morgan fingerprint density at radius 1 is 1.03 bits per heavy atom. The lowest BCUT2D eigenvalue weighted by Crippen LogP contribution is -2.62. The molecule has 0 aromatic heterocycles. The Morgan fingerprint density at radius 3 is 2.26 bits per heavy atom. The Balaban J connectivity index is 1.75. The molecule has 4 rings (SSSR count). The summed E-state index contributed by atoms with van der Waals surface area (Å²) in [6, 6.07) is 19.2. The lowest BCUT2D eigenvalue weighted by atomic mass is 9.75. The first kappa shape index (κ1) is 21.9. The Hall–Kier alpha value is -2.34. The summed E-state index contributed by atoms with van der Waals surface area (Å²) in [5, 5.41) is 0. The van der Waals surface area contributed by atoms with E-state index < -0.39 is 11.3 Å². The first-order valence-electron chi connectivity index (χ1n) is 11.2. The number of ether oxygens (including phenoxy) is 3. The quantitative estimate of drug-likeness (QED) is 0.668. The maximum Gasteiger partial charge on any atom is 0.256 e. The van der Waals surface area contributed by atoms with Gasteiger partial charge in [-0.05, 0) is 44.6 Å². The van der Waals surface area contributed by atoms with E-state index in [1.54, 1.807) is 0 Å². The average Bonchev–Trinajstić information content (AvgIpc) is 3.21. The molecular weight excluding hydrogens is 388 g/mol. The predicted molar refractivity (Wildman–Crippen MR) is 124 cm³/mol. The van der Waals surface area contributed by atoms with Gasteiger partial charge >= 0.3 is 0 Å². The minimum absolute atomic E-state index is 0.398. The van der Waals surface area contributed by atoms with Crippen molar-refractivity contribution in [1.29, 1.82) is 0 Å². The third-order valence-electron chi connectivity index (χ3n) is 6.74. The SMILES string of the molecule is C=C1COC(c2ccc(N3CCOCC3)cc2)(C(CC)(Cc2ccccc2)N(C)C)O1. The van der Waals surface area contributed by atoms with Crippen LogP contribution in [0.25, 0.3) is 0 Å². The second-order valence-electron chi connectivity index (χ2n) is 8.63. The van der Waals surface area contributed by atoms with Gasteiger partial charge in [-0.2, -0.15) is 0 Å². The first-order valence-corrected chi connectivity index (χ1v) is 11.2. The minimum Gasteiger partial charge on any atom is -0.458 e. The maximum absolute atomic E-state index is 6.52. The van der Waals surface area contributed by atoms with Crippen molar-refractivity contribution < 1.29 is 14.2 Å². The van der Waals surface area contributed by atoms with Crippen LogP contribution < -0.4 is 4.90 Å². The van der Waals surface area contributed by atoms with Gasteiger partial charge in [-0.25, -0.2) is 0 Å². The van der Waals surface area contributed by atoms with E-state index >= 15 is 0 Å². The summed E-state index contributed by atoms with van der Waals surface area (Å²) in [5.41, 5.74) is 3.07. The van der Waals surface area contributed by atoms with E-state index in [1.165, 1.54) is 11.3 Å². The highest BCUT2D eigenvalue weighted by atomic mass is 16.7. The molecule has 0 radical (unpaired) electrons. The molecule has 0 bridgehead atoms. The van der Waals surface area contributed by atoms with E-state index in [2.05, 4.69) is 92.0 Å².